The van der Waals surface area contributed by atoms with E-state index in [1.165, 1.54) is 12.1 Å². The molecule has 0 saturated carbocycles. The van der Waals surface area contributed by atoms with Gasteiger partial charge in [0.2, 0.25) is 10.0 Å². The van der Waals surface area contributed by atoms with Crippen LogP contribution in [0.3, 0.4) is 0 Å². The fraction of sp³-hybridized carbons (Fsp3) is 0.200. The fourth-order valence-electron chi connectivity index (χ4n) is 1.95. The quantitative estimate of drug-likeness (QED) is 0.577. The second-order valence-electron chi connectivity index (χ2n) is 5.02. The normalized spacial score (nSPS) is 10.5. The summed E-state index contributed by atoms with van der Waals surface area (Å²) in [4.78, 5) is 15.6. The van der Waals surface area contributed by atoms with E-state index in [1.807, 2.05) is 0 Å². The Morgan fingerprint density at radius 3 is 2.38 bits per heavy atom. The van der Waals surface area contributed by atoms with E-state index in [2.05, 4.69) is 15.6 Å². The van der Waals surface area contributed by atoms with Crippen molar-refractivity contribution in [3.05, 3.63) is 42.0 Å². The van der Waals surface area contributed by atoms with Gasteiger partial charge in [0, 0.05) is 6.54 Å². The van der Waals surface area contributed by atoms with Gasteiger partial charge in [-0.2, -0.15) is 0 Å². The molecule has 0 saturated heterocycles. The van der Waals surface area contributed by atoms with Crippen LogP contribution in [0.4, 0.5) is 22.1 Å². The molecule has 11 heteroatoms. The molecule has 0 atom stereocenters. The van der Waals surface area contributed by atoms with Crippen molar-refractivity contribution in [1.82, 2.24) is 4.98 Å². The van der Waals surface area contributed by atoms with Crippen molar-refractivity contribution in [2.24, 2.45) is 5.14 Å². The summed E-state index contributed by atoms with van der Waals surface area (Å²) in [5.41, 5.74) is 6.98. The highest BCUT2D eigenvalue weighted by molar-refractivity contribution is 7.89. The molecule has 1 aromatic heterocycles. The summed E-state index contributed by atoms with van der Waals surface area (Å²) >= 11 is 0. The highest BCUT2D eigenvalue weighted by atomic mass is 35.5. The van der Waals surface area contributed by atoms with Crippen LogP contribution in [-0.4, -0.2) is 26.1 Å². The van der Waals surface area contributed by atoms with E-state index in [9.17, 15) is 13.2 Å². The van der Waals surface area contributed by atoms with E-state index < -0.39 is 16.1 Å². The van der Waals surface area contributed by atoms with Crippen LogP contribution in [0.25, 0.3) is 0 Å². The number of anilines is 3. The van der Waals surface area contributed by atoms with Gasteiger partial charge in [-0.15, -0.1) is 12.4 Å². The van der Waals surface area contributed by atoms with E-state index in [0.29, 0.717) is 18.1 Å². The Morgan fingerprint density at radius 2 is 1.85 bits per heavy atom. The fourth-order valence-corrected chi connectivity index (χ4v) is 2.46. The lowest BCUT2D eigenvalue weighted by Gasteiger charge is -2.10. The average Bonchev–Trinajstić information content (AvgIpc) is 2.55. The van der Waals surface area contributed by atoms with Gasteiger partial charge >= 0.3 is 6.09 Å². The number of nitrogen functional groups attached to an aromatic ring is 1. The number of carbonyl (C=O) groups excluding carboxylic acids is 1. The van der Waals surface area contributed by atoms with Crippen LogP contribution in [-0.2, 0) is 21.3 Å². The molecule has 142 valence electrons. The minimum Gasteiger partial charge on any atom is -0.450 e. The highest BCUT2D eigenvalue weighted by Gasteiger charge is 2.08. The Hall–Kier alpha value is -2.56. The maximum atomic E-state index is 11.4. The molecule has 26 heavy (non-hydrogen) atoms. The minimum atomic E-state index is -3.71. The zero-order chi connectivity index (χ0) is 18.4. The van der Waals surface area contributed by atoms with Gasteiger partial charge in [0.15, 0.2) is 0 Å². The van der Waals surface area contributed by atoms with E-state index in [1.54, 1.807) is 31.2 Å². The number of hydrogen-bond donors (Lipinski definition) is 4. The Balaban J connectivity index is 0.00000338. The van der Waals surface area contributed by atoms with Crippen LogP contribution in [0, 0.1) is 0 Å². The number of halogens is 1. The van der Waals surface area contributed by atoms with Crippen molar-refractivity contribution in [3.63, 3.8) is 0 Å². The van der Waals surface area contributed by atoms with Gasteiger partial charge in [-0.1, -0.05) is 12.1 Å². The molecule has 0 aliphatic rings. The van der Waals surface area contributed by atoms with Gasteiger partial charge in [0.05, 0.1) is 17.2 Å². The van der Waals surface area contributed by atoms with Gasteiger partial charge in [-0.25, -0.2) is 23.3 Å². The van der Waals surface area contributed by atoms with E-state index >= 15 is 0 Å². The minimum absolute atomic E-state index is 0. The molecule has 9 nitrogen and oxygen atoms in total. The number of aromatic nitrogens is 1. The molecule has 1 heterocycles. The maximum Gasteiger partial charge on any atom is 0.411 e. The number of benzene rings is 1. The van der Waals surface area contributed by atoms with Crippen LogP contribution in [0.15, 0.2) is 41.3 Å². The third-order valence-electron chi connectivity index (χ3n) is 3.16. The number of primary sulfonamides is 1. The molecule has 0 spiro atoms. The third kappa shape index (κ3) is 6.06. The number of hydrogen-bond acceptors (Lipinski definition) is 7. The molecule has 6 N–H and O–H groups in total. The molecule has 2 aromatic rings. The maximum absolute atomic E-state index is 11.4. The van der Waals surface area contributed by atoms with Crippen LogP contribution >= 0.6 is 12.4 Å². The van der Waals surface area contributed by atoms with Crippen molar-refractivity contribution in [1.29, 1.82) is 0 Å². The van der Waals surface area contributed by atoms with Gasteiger partial charge in [0.25, 0.3) is 0 Å². The lowest BCUT2D eigenvalue weighted by molar-refractivity contribution is 0.168. The predicted molar refractivity (Wildman–Crippen MR) is 102 cm³/mol. The summed E-state index contributed by atoms with van der Waals surface area (Å²) in [7, 11) is -3.71. The number of rotatable bonds is 6. The van der Waals surface area contributed by atoms with Crippen LogP contribution in [0.2, 0.25) is 0 Å². The van der Waals surface area contributed by atoms with Gasteiger partial charge in [0.1, 0.15) is 11.6 Å². The van der Waals surface area contributed by atoms with Gasteiger partial charge in [-0.3, -0.25) is 5.32 Å². The molecule has 1 amide bonds. The van der Waals surface area contributed by atoms with Gasteiger partial charge < -0.3 is 15.8 Å². The standard InChI is InChI=1S/C15H19N5O4S.ClH/c1-2-24-15(21)19-12-7-8-13(20-14(12)16)18-9-10-3-5-11(6-4-10)25(17,22)23;/h3-8H,2,9H2,1H3,(H,19,21)(H3,16,18,20)(H2,17,22,23);1H. The number of nitrogens with zero attached hydrogens (tertiary/aromatic N) is 1. The van der Waals surface area contributed by atoms with Gasteiger partial charge in [-0.05, 0) is 36.8 Å². The average molecular weight is 402 g/mol. The lowest BCUT2D eigenvalue weighted by Crippen LogP contribution is -2.15. The Bertz CT molecular complexity index is 859. The molecule has 0 radical (unpaired) electrons. The number of amides is 1. The SMILES string of the molecule is CCOC(=O)Nc1ccc(NCc2ccc(S(N)(=O)=O)cc2)nc1N.Cl. The Morgan fingerprint density at radius 1 is 1.19 bits per heavy atom. The number of pyridine rings is 1. The zero-order valence-corrected chi connectivity index (χ0v) is 15.6. The number of carbonyl (C=O) groups is 1. The Kier molecular flexibility index (Phi) is 7.62. The molecule has 0 aliphatic carbocycles. The number of sulfonamides is 1. The summed E-state index contributed by atoms with van der Waals surface area (Å²) < 4.78 is 27.2. The number of nitrogens with two attached hydrogens (primary N) is 2. The summed E-state index contributed by atoms with van der Waals surface area (Å²) in [6.07, 6.45) is -0.605. The highest BCUT2D eigenvalue weighted by Crippen LogP contribution is 2.19. The second-order valence-corrected chi connectivity index (χ2v) is 6.58. The first kappa shape index (κ1) is 21.5. The van der Waals surface area contributed by atoms with Crippen molar-refractivity contribution < 1.29 is 17.9 Å². The van der Waals surface area contributed by atoms with Crippen molar-refractivity contribution in [2.75, 3.05) is 23.0 Å². The smallest absolute Gasteiger partial charge is 0.411 e. The third-order valence-corrected chi connectivity index (χ3v) is 4.09. The largest absolute Gasteiger partial charge is 0.450 e. The van der Waals surface area contributed by atoms with Crippen molar-refractivity contribution in [2.45, 2.75) is 18.4 Å². The number of ether oxygens (including phenoxy) is 1. The molecule has 0 bridgehead atoms. The molecule has 0 fully saturated rings. The zero-order valence-electron chi connectivity index (χ0n) is 13.9. The summed E-state index contributed by atoms with van der Waals surface area (Å²) in [6, 6.07) is 9.41. The first-order chi connectivity index (χ1) is 11.8. The molecule has 0 aliphatic heterocycles. The summed E-state index contributed by atoms with van der Waals surface area (Å²) in [6.45, 7) is 2.36. The van der Waals surface area contributed by atoms with Crippen LogP contribution in [0.1, 0.15) is 12.5 Å². The first-order valence-electron chi connectivity index (χ1n) is 7.35. The van der Waals surface area contributed by atoms with Crippen molar-refractivity contribution in [3.8, 4) is 0 Å². The van der Waals surface area contributed by atoms with Crippen molar-refractivity contribution >= 4 is 45.8 Å². The Labute approximate surface area is 157 Å². The first-order valence-corrected chi connectivity index (χ1v) is 8.90. The molecular weight excluding hydrogens is 382 g/mol. The lowest BCUT2D eigenvalue weighted by atomic mass is 10.2. The predicted octanol–water partition coefficient (Wildman–Crippen LogP) is 1.91. The van der Waals surface area contributed by atoms with E-state index in [4.69, 9.17) is 15.6 Å². The van der Waals surface area contributed by atoms with E-state index in [-0.39, 0.29) is 29.7 Å². The number of nitrogens with one attached hydrogen (secondary N) is 2. The van der Waals surface area contributed by atoms with E-state index in [0.717, 1.165) is 5.56 Å². The second kappa shape index (κ2) is 9.22. The molecule has 2 rings (SSSR count). The summed E-state index contributed by atoms with van der Waals surface area (Å²) in [5.74, 6) is 0.644. The molecule has 1 aromatic carbocycles. The monoisotopic (exact) mass is 401 g/mol. The molecular formula is C15H20ClN5O4S. The topological polar surface area (TPSA) is 149 Å². The molecule has 0 unspecified atom stereocenters. The summed E-state index contributed by atoms with van der Waals surface area (Å²) in [5, 5.41) is 10.6. The van der Waals surface area contributed by atoms with Crippen LogP contribution in [0.5, 0.6) is 0 Å². The van der Waals surface area contributed by atoms with Crippen LogP contribution < -0.4 is 21.5 Å².